The van der Waals surface area contributed by atoms with E-state index < -0.39 is 6.29 Å². The predicted octanol–water partition coefficient (Wildman–Crippen LogP) is 0.995. The van der Waals surface area contributed by atoms with E-state index in [0.29, 0.717) is 13.2 Å². The van der Waals surface area contributed by atoms with Crippen LogP contribution in [0, 0.1) is 0 Å². The average Bonchev–Trinajstić information content (AvgIpc) is 2.49. The number of rotatable bonds is 9. The van der Waals surface area contributed by atoms with Crippen LogP contribution in [0.4, 0.5) is 0 Å². The summed E-state index contributed by atoms with van der Waals surface area (Å²) in [7, 11) is 6.42. The lowest BCUT2D eigenvalue weighted by atomic mass is 9.98. The van der Waals surface area contributed by atoms with Gasteiger partial charge in [-0.25, -0.2) is 0 Å². The molecule has 0 aromatic rings. The van der Waals surface area contributed by atoms with Gasteiger partial charge in [0.2, 0.25) is 0 Å². The minimum absolute atomic E-state index is 0.272. The Morgan fingerprint density at radius 1 is 0.950 bits per heavy atom. The van der Waals surface area contributed by atoms with Gasteiger partial charge in [0.1, 0.15) is 24.4 Å². The van der Waals surface area contributed by atoms with Crippen LogP contribution < -0.4 is 0 Å². The van der Waals surface area contributed by atoms with Crippen LogP contribution in [-0.2, 0) is 28.4 Å². The molecule has 0 aliphatic carbocycles. The molecule has 0 saturated carbocycles. The lowest BCUT2D eigenvalue weighted by molar-refractivity contribution is -0.308. The van der Waals surface area contributed by atoms with Gasteiger partial charge >= 0.3 is 0 Å². The van der Waals surface area contributed by atoms with Gasteiger partial charge < -0.3 is 28.4 Å². The monoisotopic (exact) mass is 290 g/mol. The van der Waals surface area contributed by atoms with Crippen molar-refractivity contribution in [2.24, 2.45) is 0 Å². The van der Waals surface area contributed by atoms with Crippen molar-refractivity contribution in [2.75, 3.05) is 41.7 Å². The zero-order valence-corrected chi connectivity index (χ0v) is 12.7. The molecular weight excluding hydrogens is 264 g/mol. The molecule has 1 rings (SSSR count). The molecule has 6 nitrogen and oxygen atoms in total. The average molecular weight is 290 g/mol. The number of methoxy groups -OCH3 is 4. The van der Waals surface area contributed by atoms with E-state index in [0.717, 1.165) is 6.42 Å². The first-order valence-electron chi connectivity index (χ1n) is 6.68. The van der Waals surface area contributed by atoms with Gasteiger partial charge in [-0.3, -0.25) is 0 Å². The highest BCUT2D eigenvalue weighted by Gasteiger charge is 2.47. The van der Waals surface area contributed by atoms with Gasteiger partial charge in [-0.05, 0) is 6.42 Å². The molecule has 0 radical (unpaired) electrons. The highest BCUT2D eigenvalue weighted by molar-refractivity contribution is 4.92. The van der Waals surface area contributed by atoms with Crippen molar-refractivity contribution in [1.29, 1.82) is 0 Å². The number of hydrogen-bond donors (Lipinski definition) is 0. The van der Waals surface area contributed by atoms with Crippen LogP contribution in [0.2, 0.25) is 0 Å². The molecule has 1 fully saturated rings. The fourth-order valence-electron chi connectivity index (χ4n) is 2.37. The summed E-state index contributed by atoms with van der Waals surface area (Å²) in [4.78, 5) is 0. The summed E-state index contributed by atoms with van der Waals surface area (Å²) < 4.78 is 33.2. The SMILES string of the molecule is C=CCCOCC1O[C@H](OC)C(OC)C(OC)[C@@H]1OC. The molecule has 0 N–H and O–H groups in total. The maximum Gasteiger partial charge on any atom is 0.186 e. The molecule has 1 heterocycles. The minimum Gasteiger partial charge on any atom is -0.378 e. The Labute approximate surface area is 120 Å². The topological polar surface area (TPSA) is 55.4 Å². The summed E-state index contributed by atoms with van der Waals surface area (Å²) in [6, 6.07) is 0. The van der Waals surface area contributed by atoms with Crippen molar-refractivity contribution in [3.05, 3.63) is 12.7 Å². The lowest BCUT2D eigenvalue weighted by Gasteiger charge is -2.44. The van der Waals surface area contributed by atoms with Gasteiger partial charge in [0, 0.05) is 28.4 Å². The standard InChI is InChI=1S/C14H26O6/c1-6-7-8-19-9-10-11(15-2)12(16-3)13(17-4)14(18-5)20-10/h6,10-14H,1,7-9H2,2-5H3/t10?,11-,12?,13?,14+/m1/s1. The van der Waals surface area contributed by atoms with Gasteiger partial charge in [-0.15, -0.1) is 6.58 Å². The molecular formula is C14H26O6. The molecule has 20 heavy (non-hydrogen) atoms. The summed E-state index contributed by atoms with van der Waals surface area (Å²) in [5, 5.41) is 0. The molecule has 0 aromatic heterocycles. The Balaban J connectivity index is 2.69. The van der Waals surface area contributed by atoms with Gasteiger partial charge in [0.05, 0.1) is 13.2 Å². The summed E-state index contributed by atoms with van der Waals surface area (Å²) >= 11 is 0. The zero-order chi connectivity index (χ0) is 15.0. The maximum atomic E-state index is 5.85. The molecule has 118 valence electrons. The van der Waals surface area contributed by atoms with E-state index in [1.807, 2.05) is 6.08 Å². The van der Waals surface area contributed by atoms with Crippen LogP contribution in [0.15, 0.2) is 12.7 Å². The third kappa shape index (κ3) is 4.25. The second-order valence-electron chi connectivity index (χ2n) is 4.53. The highest BCUT2D eigenvalue weighted by atomic mass is 16.7. The second kappa shape index (κ2) is 9.44. The summed E-state index contributed by atoms with van der Waals surface area (Å²) in [5.41, 5.74) is 0. The number of ether oxygens (including phenoxy) is 6. The van der Waals surface area contributed by atoms with Gasteiger partial charge in [0.15, 0.2) is 6.29 Å². The summed E-state index contributed by atoms with van der Waals surface area (Å²) in [5.74, 6) is 0. The van der Waals surface area contributed by atoms with Crippen molar-refractivity contribution in [2.45, 2.75) is 37.1 Å². The van der Waals surface area contributed by atoms with Crippen LogP contribution in [0.25, 0.3) is 0 Å². The normalized spacial score (nSPS) is 34.1. The Hall–Kier alpha value is -0.500. The van der Waals surface area contributed by atoms with E-state index in [9.17, 15) is 0 Å². The van der Waals surface area contributed by atoms with Gasteiger partial charge in [-0.2, -0.15) is 0 Å². The molecule has 0 amide bonds. The minimum atomic E-state index is -0.510. The molecule has 1 saturated heterocycles. The van der Waals surface area contributed by atoms with E-state index in [4.69, 9.17) is 28.4 Å². The maximum absolute atomic E-state index is 5.85. The van der Waals surface area contributed by atoms with E-state index in [1.54, 1.807) is 28.4 Å². The van der Waals surface area contributed by atoms with E-state index >= 15 is 0 Å². The van der Waals surface area contributed by atoms with E-state index in [-0.39, 0.29) is 24.4 Å². The Kier molecular flexibility index (Phi) is 8.28. The summed E-state index contributed by atoms with van der Waals surface area (Å²) in [6.07, 6.45) is 0.922. The first-order valence-corrected chi connectivity index (χ1v) is 6.68. The molecule has 3 unspecified atom stereocenters. The Morgan fingerprint density at radius 2 is 1.60 bits per heavy atom. The first kappa shape index (κ1) is 17.6. The largest absolute Gasteiger partial charge is 0.378 e. The van der Waals surface area contributed by atoms with Crippen LogP contribution >= 0.6 is 0 Å². The Morgan fingerprint density at radius 3 is 2.10 bits per heavy atom. The molecule has 5 atom stereocenters. The lowest BCUT2D eigenvalue weighted by Crippen LogP contribution is -2.61. The molecule has 0 aromatic carbocycles. The molecule has 0 bridgehead atoms. The quantitative estimate of drug-likeness (QED) is 0.466. The fraction of sp³-hybridized carbons (Fsp3) is 0.857. The third-order valence-electron chi connectivity index (χ3n) is 3.39. The predicted molar refractivity (Wildman–Crippen MR) is 73.7 cm³/mol. The molecule has 1 aliphatic heterocycles. The van der Waals surface area contributed by atoms with E-state index in [2.05, 4.69) is 6.58 Å². The van der Waals surface area contributed by atoms with Crippen molar-refractivity contribution in [3.63, 3.8) is 0 Å². The molecule has 0 spiro atoms. The first-order chi connectivity index (χ1) is 9.73. The molecule has 1 aliphatic rings. The van der Waals surface area contributed by atoms with Gasteiger partial charge in [-0.1, -0.05) is 6.08 Å². The van der Waals surface area contributed by atoms with Crippen LogP contribution in [0.1, 0.15) is 6.42 Å². The van der Waals surface area contributed by atoms with E-state index in [1.165, 1.54) is 0 Å². The fourth-order valence-corrected chi connectivity index (χ4v) is 2.37. The van der Waals surface area contributed by atoms with Crippen molar-refractivity contribution >= 4 is 0 Å². The number of hydrogen-bond acceptors (Lipinski definition) is 6. The second-order valence-corrected chi connectivity index (χ2v) is 4.53. The van der Waals surface area contributed by atoms with Crippen LogP contribution in [0.3, 0.4) is 0 Å². The van der Waals surface area contributed by atoms with Crippen LogP contribution in [-0.4, -0.2) is 72.4 Å². The molecule has 6 heteroatoms. The Bertz CT molecular complexity index is 272. The third-order valence-corrected chi connectivity index (χ3v) is 3.39. The van der Waals surface area contributed by atoms with Crippen LogP contribution in [0.5, 0.6) is 0 Å². The highest BCUT2D eigenvalue weighted by Crippen LogP contribution is 2.27. The van der Waals surface area contributed by atoms with Crippen molar-refractivity contribution in [1.82, 2.24) is 0 Å². The summed E-state index contributed by atoms with van der Waals surface area (Å²) in [6.45, 7) is 4.66. The van der Waals surface area contributed by atoms with Crippen molar-refractivity contribution < 1.29 is 28.4 Å². The zero-order valence-electron chi connectivity index (χ0n) is 12.7. The van der Waals surface area contributed by atoms with Crippen molar-refractivity contribution in [3.8, 4) is 0 Å². The van der Waals surface area contributed by atoms with Gasteiger partial charge in [0.25, 0.3) is 0 Å². The smallest absolute Gasteiger partial charge is 0.186 e.